The molecule has 1 unspecified atom stereocenters. The van der Waals surface area contributed by atoms with Crippen LogP contribution in [0, 0.1) is 0 Å². The van der Waals surface area contributed by atoms with Crippen molar-refractivity contribution in [3.05, 3.63) is 18.2 Å². The lowest BCUT2D eigenvalue weighted by Crippen LogP contribution is -2.36. The summed E-state index contributed by atoms with van der Waals surface area (Å²) in [6.07, 6.45) is 2.68. The Labute approximate surface area is 119 Å². The van der Waals surface area contributed by atoms with E-state index in [0.717, 1.165) is 12.2 Å². The van der Waals surface area contributed by atoms with E-state index in [-0.39, 0.29) is 16.7 Å². The number of hydrogen-bond donors (Lipinski definition) is 2. The first-order valence-corrected chi connectivity index (χ1v) is 8.77. The zero-order valence-corrected chi connectivity index (χ0v) is 13.0. The van der Waals surface area contributed by atoms with E-state index >= 15 is 0 Å². The fourth-order valence-corrected chi connectivity index (χ4v) is 3.92. The molecule has 0 amide bonds. The highest BCUT2D eigenvalue weighted by atomic mass is 32.2. The second-order valence-electron chi connectivity index (χ2n) is 4.09. The molecule has 0 saturated carbocycles. The molecular weight excluding hydrogens is 284 g/mol. The highest BCUT2D eigenvalue weighted by Crippen LogP contribution is 2.26. The Morgan fingerprint density at radius 3 is 2.68 bits per heavy atom. The quantitative estimate of drug-likeness (QED) is 0.749. The number of thioether (sulfide) groups is 1. The van der Waals surface area contributed by atoms with Crippen LogP contribution in [0.15, 0.2) is 23.1 Å². The minimum atomic E-state index is -3.60. The molecule has 0 aliphatic heterocycles. The number of nitrogen functional groups attached to an aromatic ring is 1. The highest BCUT2D eigenvalue weighted by molar-refractivity contribution is 7.98. The van der Waals surface area contributed by atoms with Gasteiger partial charge in [0.1, 0.15) is 10.6 Å². The standard InChI is InChI=1S/C12H20N2O3S2/c1-4-10(8-18-3)14-19(15,16)12-6-5-9(13)7-11(12)17-2/h5-7,10,14H,4,8,13H2,1-3H3. The summed E-state index contributed by atoms with van der Waals surface area (Å²) in [5, 5.41) is 0. The summed E-state index contributed by atoms with van der Waals surface area (Å²) >= 11 is 1.60. The van der Waals surface area contributed by atoms with Gasteiger partial charge in [0.25, 0.3) is 0 Å². The van der Waals surface area contributed by atoms with E-state index in [1.165, 1.54) is 19.2 Å². The molecule has 108 valence electrons. The van der Waals surface area contributed by atoms with Crippen molar-refractivity contribution >= 4 is 27.5 Å². The van der Waals surface area contributed by atoms with Crippen molar-refractivity contribution in [2.45, 2.75) is 24.3 Å². The Morgan fingerprint density at radius 2 is 2.16 bits per heavy atom. The normalized spacial score (nSPS) is 13.2. The van der Waals surface area contributed by atoms with Gasteiger partial charge in [0, 0.05) is 23.5 Å². The van der Waals surface area contributed by atoms with Crippen molar-refractivity contribution < 1.29 is 13.2 Å². The lowest BCUT2D eigenvalue weighted by Gasteiger charge is -2.17. The first kappa shape index (κ1) is 16.1. The Kier molecular flexibility index (Phi) is 5.96. The van der Waals surface area contributed by atoms with E-state index in [4.69, 9.17) is 10.5 Å². The first-order chi connectivity index (χ1) is 8.94. The van der Waals surface area contributed by atoms with Gasteiger partial charge in [0.2, 0.25) is 10.0 Å². The number of sulfonamides is 1. The predicted octanol–water partition coefficient (Wildman–Crippen LogP) is 1.70. The van der Waals surface area contributed by atoms with Crippen LogP contribution in [-0.4, -0.2) is 33.6 Å². The average molecular weight is 304 g/mol. The van der Waals surface area contributed by atoms with Crippen molar-refractivity contribution in [3.8, 4) is 5.75 Å². The molecule has 0 aliphatic rings. The van der Waals surface area contributed by atoms with E-state index in [1.54, 1.807) is 17.8 Å². The fourth-order valence-electron chi connectivity index (χ4n) is 1.63. The molecular formula is C12H20N2O3S2. The summed E-state index contributed by atoms with van der Waals surface area (Å²) in [6.45, 7) is 1.95. The van der Waals surface area contributed by atoms with E-state index in [1.807, 2.05) is 13.2 Å². The molecule has 7 heteroatoms. The monoisotopic (exact) mass is 304 g/mol. The van der Waals surface area contributed by atoms with Crippen LogP contribution in [0.5, 0.6) is 5.75 Å². The van der Waals surface area contributed by atoms with Crippen molar-refractivity contribution in [2.75, 3.05) is 24.9 Å². The molecule has 1 rings (SSSR count). The third-order valence-corrected chi connectivity index (χ3v) is 4.96. The van der Waals surface area contributed by atoms with Gasteiger partial charge in [-0.2, -0.15) is 11.8 Å². The first-order valence-electron chi connectivity index (χ1n) is 5.89. The van der Waals surface area contributed by atoms with Crippen LogP contribution in [0.1, 0.15) is 13.3 Å². The smallest absolute Gasteiger partial charge is 0.244 e. The summed E-state index contributed by atoms with van der Waals surface area (Å²) in [5.41, 5.74) is 6.09. The zero-order chi connectivity index (χ0) is 14.5. The van der Waals surface area contributed by atoms with Crippen molar-refractivity contribution in [1.29, 1.82) is 0 Å². The summed E-state index contributed by atoms with van der Waals surface area (Å²) in [5.74, 6) is 0.985. The molecule has 1 atom stereocenters. The van der Waals surface area contributed by atoms with Crippen LogP contribution < -0.4 is 15.2 Å². The van der Waals surface area contributed by atoms with Gasteiger partial charge in [-0.3, -0.25) is 0 Å². The number of rotatable bonds is 7. The van der Waals surface area contributed by atoms with Crippen LogP contribution in [0.3, 0.4) is 0 Å². The van der Waals surface area contributed by atoms with E-state index in [2.05, 4.69) is 4.72 Å². The number of methoxy groups -OCH3 is 1. The molecule has 3 N–H and O–H groups in total. The Morgan fingerprint density at radius 1 is 1.47 bits per heavy atom. The Balaban J connectivity index is 3.06. The van der Waals surface area contributed by atoms with Gasteiger partial charge in [-0.15, -0.1) is 0 Å². The Hall–Kier alpha value is -0.920. The van der Waals surface area contributed by atoms with Gasteiger partial charge >= 0.3 is 0 Å². The molecule has 1 aromatic rings. The second kappa shape index (κ2) is 7.02. The SMILES string of the molecule is CCC(CSC)NS(=O)(=O)c1ccc(N)cc1OC. The largest absolute Gasteiger partial charge is 0.495 e. The molecule has 0 fully saturated rings. The molecule has 0 radical (unpaired) electrons. The van der Waals surface area contributed by atoms with E-state index in [9.17, 15) is 8.42 Å². The fraction of sp³-hybridized carbons (Fsp3) is 0.500. The molecule has 0 aliphatic carbocycles. The summed E-state index contributed by atoms with van der Waals surface area (Å²) in [7, 11) is -2.17. The minimum absolute atomic E-state index is 0.0951. The molecule has 19 heavy (non-hydrogen) atoms. The number of ether oxygens (including phenoxy) is 1. The third-order valence-electron chi connectivity index (χ3n) is 2.66. The van der Waals surface area contributed by atoms with Gasteiger partial charge in [-0.25, -0.2) is 13.1 Å². The third kappa shape index (κ3) is 4.29. The van der Waals surface area contributed by atoms with Crippen LogP contribution >= 0.6 is 11.8 Å². The molecule has 0 aromatic heterocycles. The zero-order valence-electron chi connectivity index (χ0n) is 11.3. The Bertz CT molecular complexity index is 518. The molecule has 0 bridgehead atoms. The van der Waals surface area contributed by atoms with Crippen LogP contribution in [-0.2, 0) is 10.0 Å². The second-order valence-corrected chi connectivity index (χ2v) is 6.69. The van der Waals surface area contributed by atoms with Crippen molar-refractivity contribution in [2.24, 2.45) is 0 Å². The number of anilines is 1. The lowest BCUT2D eigenvalue weighted by atomic mass is 10.3. The van der Waals surface area contributed by atoms with Gasteiger partial charge in [-0.05, 0) is 24.8 Å². The number of nitrogens with two attached hydrogens (primary N) is 1. The number of nitrogens with one attached hydrogen (secondary N) is 1. The number of benzene rings is 1. The van der Waals surface area contributed by atoms with Gasteiger partial charge in [0.05, 0.1) is 7.11 Å². The summed E-state index contributed by atoms with van der Waals surface area (Å²) in [4.78, 5) is 0.115. The molecule has 0 spiro atoms. The molecule has 5 nitrogen and oxygen atoms in total. The summed E-state index contributed by atoms with van der Waals surface area (Å²) in [6, 6.07) is 4.42. The summed E-state index contributed by atoms with van der Waals surface area (Å²) < 4.78 is 32.4. The van der Waals surface area contributed by atoms with Crippen LogP contribution in [0.2, 0.25) is 0 Å². The van der Waals surface area contributed by atoms with Crippen LogP contribution in [0.25, 0.3) is 0 Å². The maximum Gasteiger partial charge on any atom is 0.244 e. The van der Waals surface area contributed by atoms with E-state index < -0.39 is 10.0 Å². The minimum Gasteiger partial charge on any atom is -0.495 e. The van der Waals surface area contributed by atoms with Crippen LogP contribution in [0.4, 0.5) is 5.69 Å². The maximum absolute atomic E-state index is 12.3. The van der Waals surface area contributed by atoms with Crippen molar-refractivity contribution in [3.63, 3.8) is 0 Å². The van der Waals surface area contributed by atoms with Gasteiger partial charge in [0.15, 0.2) is 0 Å². The average Bonchev–Trinajstić information content (AvgIpc) is 2.37. The topological polar surface area (TPSA) is 81.4 Å². The lowest BCUT2D eigenvalue weighted by molar-refractivity contribution is 0.402. The molecule has 0 saturated heterocycles. The highest BCUT2D eigenvalue weighted by Gasteiger charge is 2.22. The number of hydrogen-bond acceptors (Lipinski definition) is 5. The van der Waals surface area contributed by atoms with Gasteiger partial charge < -0.3 is 10.5 Å². The molecule has 1 aromatic carbocycles. The van der Waals surface area contributed by atoms with E-state index in [0.29, 0.717) is 5.69 Å². The van der Waals surface area contributed by atoms with Gasteiger partial charge in [-0.1, -0.05) is 6.92 Å². The van der Waals surface area contributed by atoms with Crippen molar-refractivity contribution in [1.82, 2.24) is 4.72 Å². The maximum atomic E-state index is 12.3. The molecule has 0 heterocycles. The predicted molar refractivity (Wildman–Crippen MR) is 80.2 cm³/mol.